The number of amides is 1. The number of carbonyl (C=O) groups is 1. The van der Waals surface area contributed by atoms with Crippen molar-refractivity contribution in [1.29, 1.82) is 0 Å². The number of aromatic nitrogens is 2. The molecule has 1 fully saturated rings. The predicted molar refractivity (Wildman–Crippen MR) is 101 cm³/mol. The number of oxime groups is 1. The van der Waals surface area contributed by atoms with Crippen LogP contribution in [0, 0.1) is 23.4 Å². The zero-order valence-corrected chi connectivity index (χ0v) is 15.6. The Hall–Kier alpha value is -3.59. The normalized spacial score (nSPS) is 13.9. The van der Waals surface area contributed by atoms with E-state index in [1.165, 1.54) is 36.7 Å². The van der Waals surface area contributed by atoms with E-state index in [1.807, 2.05) is 0 Å². The molecule has 1 saturated carbocycles. The number of hydrogen-bond donors (Lipinski definition) is 1. The first-order valence-corrected chi connectivity index (χ1v) is 9.18. The minimum Gasteiger partial charge on any atom is -0.333 e. The Labute approximate surface area is 169 Å². The predicted octanol–water partition coefficient (Wildman–Crippen LogP) is 3.12. The first-order valence-electron chi connectivity index (χ1n) is 9.18. The second kappa shape index (κ2) is 8.42. The van der Waals surface area contributed by atoms with Gasteiger partial charge in [-0.2, -0.15) is 0 Å². The summed E-state index contributed by atoms with van der Waals surface area (Å²) in [5.41, 5.74) is 0.593. The highest BCUT2D eigenvalue weighted by Gasteiger charge is 2.30. The van der Waals surface area contributed by atoms with E-state index in [2.05, 4.69) is 15.1 Å². The molecule has 0 unspecified atom stereocenters. The maximum Gasteiger partial charge on any atom is 0.354 e. The largest absolute Gasteiger partial charge is 0.354 e. The Morgan fingerprint density at radius 3 is 2.37 bits per heavy atom. The zero-order chi connectivity index (χ0) is 21.1. The molecular weight excluding hydrogens is 397 g/mol. The van der Waals surface area contributed by atoms with E-state index in [4.69, 9.17) is 4.84 Å². The van der Waals surface area contributed by atoms with Gasteiger partial charge in [-0.1, -0.05) is 11.2 Å². The quantitative estimate of drug-likeness (QED) is 0.497. The summed E-state index contributed by atoms with van der Waals surface area (Å²) < 4.78 is 41.2. The molecule has 1 aromatic carbocycles. The van der Waals surface area contributed by atoms with Crippen molar-refractivity contribution in [3.05, 3.63) is 83.4 Å². The average molecular weight is 413 g/mol. The average Bonchev–Trinajstić information content (AvgIpc) is 3.56. The number of quaternary nitrogens is 1. The van der Waals surface area contributed by atoms with Crippen molar-refractivity contribution in [2.45, 2.75) is 12.8 Å². The summed E-state index contributed by atoms with van der Waals surface area (Å²) in [4.78, 5) is 25.3. The molecule has 0 bridgehead atoms. The number of benzene rings is 1. The van der Waals surface area contributed by atoms with E-state index in [0.717, 1.165) is 30.3 Å². The van der Waals surface area contributed by atoms with Crippen LogP contribution in [-0.4, -0.2) is 21.6 Å². The zero-order valence-electron chi connectivity index (χ0n) is 15.6. The van der Waals surface area contributed by atoms with Gasteiger partial charge < -0.3 is 4.84 Å². The van der Waals surface area contributed by atoms with Crippen molar-refractivity contribution >= 4 is 17.4 Å². The molecule has 6 nitrogen and oxygen atoms in total. The van der Waals surface area contributed by atoms with Crippen molar-refractivity contribution in [2.24, 2.45) is 11.1 Å². The molecule has 4 rings (SSSR count). The van der Waals surface area contributed by atoms with Crippen molar-refractivity contribution in [3.63, 3.8) is 0 Å². The molecule has 2 N–H and O–H groups in total. The van der Waals surface area contributed by atoms with Crippen LogP contribution in [0.15, 0.2) is 60.0 Å². The highest BCUT2D eigenvalue weighted by Crippen LogP contribution is 2.33. The number of hydrogen-bond acceptors (Lipinski definition) is 5. The van der Waals surface area contributed by atoms with E-state index in [9.17, 15) is 18.0 Å². The van der Waals surface area contributed by atoms with Crippen LogP contribution >= 0.6 is 0 Å². The summed E-state index contributed by atoms with van der Waals surface area (Å²) >= 11 is 0. The number of halogens is 3. The maximum atomic E-state index is 13.8. The summed E-state index contributed by atoms with van der Waals surface area (Å²) in [5, 5.41) is 5.10. The van der Waals surface area contributed by atoms with Gasteiger partial charge in [0.25, 0.3) is 5.88 Å². The Morgan fingerprint density at radius 1 is 1.00 bits per heavy atom. The highest BCUT2D eigenvalue weighted by atomic mass is 19.1. The lowest BCUT2D eigenvalue weighted by atomic mass is 10.1. The highest BCUT2D eigenvalue weighted by molar-refractivity contribution is 6.03. The van der Waals surface area contributed by atoms with Gasteiger partial charge >= 0.3 is 5.91 Å². The number of nitrogens with two attached hydrogens (primary N) is 1. The molecule has 0 spiro atoms. The molecule has 2 aromatic heterocycles. The van der Waals surface area contributed by atoms with Gasteiger partial charge in [-0.05, 0) is 43.2 Å². The van der Waals surface area contributed by atoms with Crippen molar-refractivity contribution in [1.82, 2.24) is 9.97 Å². The fourth-order valence-corrected chi connectivity index (χ4v) is 2.83. The van der Waals surface area contributed by atoms with E-state index in [0.29, 0.717) is 11.3 Å². The standard InChI is InChI=1S/C21H15F3N4O2/c22-14-3-1-4-15(23)18(14)20(29)27-17-9-8-13(11-26-17)19(12-6-7-12)28-30-21-16(24)5-2-10-25-21/h1-5,8-12H,6-7H2,(H,26,27,29)/p+1. The third kappa shape index (κ3) is 4.36. The van der Waals surface area contributed by atoms with Gasteiger partial charge in [-0.25, -0.2) is 33.3 Å². The van der Waals surface area contributed by atoms with Crippen molar-refractivity contribution < 1.29 is 28.1 Å². The Kier molecular flexibility index (Phi) is 5.53. The van der Waals surface area contributed by atoms with E-state index >= 15 is 0 Å². The van der Waals surface area contributed by atoms with Crippen LogP contribution < -0.4 is 10.2 Å². The number of primary amides is 1. The summed E-state index contributed by atoms with van der Waals surface area (Å²) in [6, 6.07) is 9.08. The lowest BCUT2D eigenvalue weighted by Gasteiger charge is -2.06. The van der Waals surface area contributed by atoms with E-state index in [1.54, 1.807) is 6.07 Å². The van der Waals surface area contributed by atoms with E-state index in [-0.39, 0.29) is 17.6 Å². The van der Waals surface area contributed by atoms with Crippen LogP contribution in [0.25, 0.3) is 0 Å². The Morgan fingerprint density at radius 2 is 1.73 bits per heavy atom. The minimum atomic E-state index is -0.935. The molecule has 3 aromatic rings. The van der Waals surface area contributed by atoms with Gasteiger partial charge in [0.05, 0.1) is 5.71 Å². The number of nitrogens with zero attached hydrogens (tertiary/aromatic N) is 3. The molecule has 1 aliphatic rings. The van der Waals surface area contributed by atoms with Crippen LogP contribution in [0.2, 0.25) is 0 Å². The first-order chi connectivity index (χ1) is 14.5. The Balaban J connectivity index is 1.51. The third-order valence-electron chi connectivity index (χ3n) is 4.49. The molecule has 0 saturated heterocycles. The first kappa shape index (κ1) is 19.7. The van der Waals surface area contributed by atoms with Crippen LogP contribution in [0.3, 0.4) is 0 Å². The van der Waals surface area contributed by atoms with Crippen molar-refractivity contribution in [2.75, 3.05) is 0 Å². The molecule has 0 radical (unpaired) electrons. The van der Waals surface area contributed by atoms with Gasteiger partial charge in [0.1, 0.15) is 11.6 Å². The van der Waals surface area contributed by atoms with Crippen LogP contribution in [0.4, 0.5) is 19.0 Å². The van der Waals surface area contributed by atoms with E-state index < -0.39 is 28.9 Å². The fourth-order valence-electron chi connectivity index (χ4n) is 2.83. The summed E-state index contributed by atoms with van der Waals surface area (Å²) in [6.07, 6.45) is 4.69. The summed E-state index contributed by atoms with van der Waals surface area (Å²) in [5.74, 6) is -3.16. The molecule has 30 heavy (non-hydrogen) atoms. The van der Waals surface area contributed by atoms with Gasteiger partial charge in [0.15, 0.2) is 11.4 Å². The van der Waals surface area contributed by atoms with Crippen LogP contribution in [-0.2, 0) is 0 Å². The number of carbonyl (C=O) groups excluding carboxylic acids is 1. The second-order valence-electron chi connectivity index (χ2n) is 6.71. The van der Waals surface area contributed by atoms with Gasteiger partial charge in [-0.15, -0.1) is 0 Å². The molecule has 0 aliphatic heterocycles. The molecular formula is C21H16F3N4O2+. The maximum absolute atomic E-state index is 13.8. The fraction of sp³-hybridized carbons (Fsp3) is 0.143. The second-order valence-corrected chi connectivity index (χ2v) is 6.71. The molecule has 1 amide bonds. The summed E-state index contributed by atoms with van der Waals surface area (Å²) in [6.45, 7) is 0. The Bertz CT molecular complexity index is 1100. The summed E-state index contributed by atoms with van der Waals surface area (Å²) in [7, 11) is 0. The third-order valence-corrected chi connectivity index (χ3v) is 4.49. The molecule has 2 heterocycles. The topological polar surface area (TPSA) is 81.0 Å². The number of rotatable bonds is 6. The lowest BCUT2D eigenvalue weighted by molar-refractivity contribution is -0.468. The molecule has 1 aliphatic carbocycles. The van der Waals surface area contributed by atoms with Gasteiger partial charge in [-0.3, -0.25) is 0 Å². The number of pyridine rings is 2. The van der Waals surface area contributed by atoms with Crippen LogP contribution in [0.5, 0.6) is 5.88 Å². The molecule has 9 heteroatoms. The van der Waals surface area contributed by atoms with Crippen LogP contribution in [0.1, 0.15) is 28.8 Å². The smallest absolute Gasteiger partial charge is 0.333 e. The molecule has 0 atom stereocenters. The minimum absolute atomic E-state index is 0.155. The van der Waals surface area contributed by atoms with Gasteiger partial charge in [0, 0.05) is 29.9 Å². The van der Waals surface area contributed by atoms with Gasteiger partial charge in [0.2, 0.25) is 5.82 Å². The lowest BCUT2D eigenvalue weighted by Crippen LogP contribution is -2.83. The monoisotopic (exact) mass is 413 g/mol. The molecule has 152 valence electrons. The SMILES string of the molecule is O=C([NH2+]c1ccc(C(=NOc2ncccc2F)C2CC2)cn1)c1c(F)cccc1F. The van der Waals surface area contributed by atoms with Crippen molar-refractivity contribution in [3.8, 4) is 5.88 Å².